The van der Waals surface area contributed by atoms with E-state index >= 15 is 0 Å². The molecular weight excluding hydrogens is 403 g/mol. The second-order valence-corrected chi connectivity index (χ2v) is 9.11. The lowest BCUT2D eigenvalue weighted by Gasteiger charge is -2.17. The zero-order chi connectivity index (χ0) is 20.1. The first-order valence-corrected chi connectivity index (χ1v) is 10.7. The zero-order valence-corrected chi connectivity index (χ0v) is 18.6. The number of nitrogens with one attached hydrogen (secondary N) is 1. The molecule has 0 bridgehead atoms. The highest BCUT2D eigenvalue weighted by Gasteiger charge is 2.19. The van der Waals surface area contributed by atoms with Gasteiger partial charge >= 0.3 is 0 Å². The van der Waals surface area contributed by atoms with Gasteiger partial charge in [-0.25, -0.2) is 0 Å². The van der Waals surface area contributed by atoms with Crippen LogP contribution < -0.4 is 5.32 Å². The molecule has 5 nitrogen and oxygen atoms in total. The topological polar surface area (TPSA) is 59.8 Å². The Labute approximate surface area is 175 Å². The van der Waals surface area contributed by atoms with Gasteiger partial charge in [0.15, 0.2) is 11.0 Å². The normalized spacial score (nSPS) is 12.6. The number of rotatable bonds is 8. The zero-order valence-electron chi connectivity index (χ0n) is 16.3. The van der Waals surface area contributed by atoms with Gasteiger partial charge in [-0.05, 0) is 37.0 Å². The van der Waals surface area contributed by atoms with Crippen molar-refractivity contribution in [2.45, 2.75) is 52.4 Å². The minimum atomic E-state index is -0.00799. The molecule has 0 radical (unpaired) electrons. The van der Waals surface area contributed by atoms with Gasteiger partial charge in [-0.1, -0.05) is 62.7 Å². The highest BCUT2D eigenvalue weighted by atomic mass is 35.5. The van der Waals surface area contributed by atoms with E-state index in [1.165, 1.54) is 11.8 Å². The van der Waals surface area contributed by atoms with Crippen molar-refractivity contribution < 1.29 is 4.79 Å². The van der Waals surface area contributed by atoms with Gasteiger partial charge in [0.2, 0.25) is 5.91 Å². The Kier molecular flexibility index (Phi) is 8.01. The number of hydrogen-bond acceptors (Lipinski definition) is 4. The summed E-state index contributed by atoms with van der Waals surface area (Å²) in [5.41, 5.74) is 0.777. The van der Waals surface area contributed by atoms with E-state index in [-0.39, 0.29) is 11.9 Å². The fourth-order valence-corrected chi connectivity index (χ4v) is 3.64. The predicted octanol–water partition coefficient (Wildman–Crippen LogP) is 5.16. The average molecular weight is 429 g/mol. The van der Waals surface area contributed by atoms with Gasteiger partial charge in [0.1, 0.15) is 0 Å². The van der Waals surface area contributed by atoms with E-state index in [0.29, 0.717) is 38.6 Å². The van der Waals surface area contributed by atoms with Gasteiger partial charge in [0.05, 0.1) is 10.8 Å². The maximum absolute atomic E-state index is 12.2. The largest absolute Gasteiger partial charge is 0.353 e. The van der Waals surface area contributed by atoms with Crippen LogP contribution in [0.4, 0.5) is 0 Å². The van der Waals surface area contributed by atoms with E-state index in [4.69, 9.17) is 23.2 Å². The molecule has 2 rings (SSSR count). The lowest BCUT2D eigenvalue weighted by molar-refractivity contribution is -0.119. The molecule has 148 valence electrons. The quantitative estimate of drug-likeness (QED) is 0.589. The molecule has 1 aromatic heterocycles. The van der Waals surface area contributed by atoms with Crippen molar-refractivity contribution in [2.24, 2.45) is 11.8 Å². The van der Waals surface area contributed by atoms with E-state index in [0.717, 1.165) is 12.1 Å². The Morgan fingerprint density at radius 2 is 1.89 bits per heavy atom. The van der Waals surface area contributed by atoms with Crippen molar-refractivity contribution in [3.63, 3.8) is 0 Å². The molecule has 2 aromatic rings. The summed E-state index contributed by atoms with van der Waals surface area (Å²) in [5, 5.41) is 13.4. The minimum absolute atomic E-state index is 0.00799. The van der Waals surface area contributed by atoms with Gasteiger partial charge < -0.3 is 9.88 Å². The summed E-state index contributed by atoms with van der Waals surface area (Å²) >= 11 is 13.7. The predicted molar refractivity (Wildman–Crippen MR) is 113 cm³/mol. The van der Waals surface area contributed by atoms with Crippen molar-refractivity contribution in [1.82, 2.24) is 20.1 Å². The third-order valence-corrected chi connectivity index (χ3v) is 5.67. The Morgan fingerprint density at radius 3 is 2.48 bits per heavy atom. The van der Waals surface area contributed by atoms with E-state index < -0.39 is 0 Å². The van der Waals surface area contributed by atoms with E-state index in [1.807, 2.05) is 17.6 Å². The van der Waals surface area contributed by atoms with Gasteiger partial charge in [-0.15, -0.1) is 10.2 Å². The van der Waals surface area contributed by atoms with E-state index in [2.05, 4.69) is 43.2 Å². The molecule has 1 atom stereocenters. The van der Waals surface area contributed by atoms with Crippen LogP contribution >= 0.6 is 35.0 Å². The molecule has 1 amide bonds. The molecular formula is C19H26Cl2N4OS. The van der Waals surface area contributed by atoms with Crippen LogP contribution in [0.3, 0.4) is 0 Å². The third kappa shape index (κ3) is 6.13. The highest BCUT2D eigenvalue weighted by molar-refractivity contribution is 7.99. The molecule has 0 spiro atoms. The van der Waals surface area contributed by atoms with Crippen LogP contribution in [0, 0.1) is 11.8 Å². The van der Waals surface area contributed by atoms with Gasteiger partial charge in [-0.3, -0.25) is 4.79 Å². The van der Waals surface area contributed by atoms with Crippen LogP contribution in [-0.4, -0.2) is 32.5 Å². The van der Waals surface area contributed by atoms with Crippen molar-refractivity contribution in [3.8, 4) is 11.4 Å². The molecule has 0 aliphatic heterocycles. The average Bonchev–Trinajstić information content (AvgIpc) is 2.94. The summed E-state index contributed by atoms with van der Waals surface area (Å²) in [6.07, 6.45) is 0. The standard InChI is InChI=1S/C19H26Cl2N4OS/c1-11(2)9-25-18(15-7-6-14(20)8-16(15)21)23-24-19(25)27-10-17(26)22-13(5)12(3)4/h6-8,11-13H,9-10H2,1-5H3,(H,22,26). The number of thioether (sulfide) groups is 1. The first-order chi connectivity index (χ1) is 12.7. The fraction of sp³-hybridized carbons (Fsp3) is 0.526. The summed E-state index contributed by atoms with van der Waals surface area (Å²) in [6.45, 7) is 11.2. The Morgan fingerprint density at radius 1 is 1.19 bits per heavy atom. The maximum atomic E-state index is 12.2. The summed E-state index contributed by atoms with van der Waals surface area (Å²) < 4.78 is 2.02. The number of carbonyl (C=O) groups excluding carboxylic acids is 1. The van der Waals surface area contributed by atoms with Crippen molar-refractivity contribution in [3.05, 3.63) is 28.2 Å². The first-order valence-electron chi connectivity index (χ1n) is 8.99. The molecule has 1 N–H and O–H groups in total. The van der Waals surface area contributed by atoms with Gasteiger partial charge in [0.25, 0.3) is 0 Å². The lowest BCUT2D eigenvalue weighted by atomic mass is 10.1. The van der Waals surface area contributed by atoms with Crippen molar-refractivity contribution >= 4 is 40.9 Å². The maximum Gasteiger partial charge on any atom is 0.230 e. The Hall–Kier alpha value is -1.24. The second-order valence-electron chi connectivity index (χ2n) is 7.32. The summed E-state index contributed by atoms with van der Waals surface area (Å²) in [5.74, 6) is 1.75. The van der Waals surface area contributed by atoms with Crippen LogP contribution in [0.5, 0.6) is 0 Å². The number of benzene rings is 1. The number of carbonyl (C=O) groups is 1. The SMILES string of the molecule is CC(C)Cn1c(SCC(=O)NC(C)C(C)C)nnc1-c1ccc(Cl)cc1Cl. The highest BCUT2D eigenvalue weighted by Crippen LogP contribution is 2.32. The van der Waals surface area contributed by atoms with Gasteiger partial charge in [-0.2, -0.15) is 0 Å². The number of aromatic nitrogens is 3. The van der Waals surface area contributed by atoms with Gasteiger partial charge in [0, 0.05) is 23.2 Å². The van der Waals surface area contributed by atoms with E-state index in [9.17, 15) is 4.79 Å². The van der Waals surface area contributed by atoms with Crippen LogP contribution in [0.15, 0.2) is 23.4 Å². The Bertz CT molecular complexity index is 792. The molecule has 0 aliphatic rings. The summed E-state index contributed by atoms with van der Waals surface area (Å²) in [4.78, 5) is 12.2. The van der Waals surface area contributed by atoms with Crippen LogP contribution in [0.25, 0.3) is 11.4 Å². The summed E-state index contributed by atoms with van der Waals surface area (Å²) in [7, 11) is 0. The third-order valence-electron chi connectivity index (χ3n) is 4.16. The number of hydrogen-bond donors (Lipinski definition) is 1. The molecule has 0 saturated carbocycles. The molecule has 1 heterocycles. The number of amides is 1. The fourth-order valence-electron chi connectivity index (χ4n) is 2.39. The number of halogens is 2. The molecule has 0 fully saturated rings. The molecule has 1 aromatic carbocycles. The smallest absolute Gasteiger partial charge is 0.230 e. The molecule has 27 heavy (non-hydrogen) atoms. The van der Waals surface area contributed by atoms with Crippen LogP contribution in [0.2, 0.25) is 10.0 Å². The van der Waals surface area contributed by atoms with E-state index in [1.54, 1.807) is 12.1 Å². The van der Waals surface area contributed by atoms with Crippen molar-refractivity contribution in [1.29, 1.82) is 0 Å². The van der Waals surface area contributed by atoms with Crippen LogP contribution in [-0.2, 0) is 11.3 Å². The monoisotopic (exact) mass is 428 g/mol. The molecule has 0 aliphatic carbocycles. The first kappa shape index (κ1) is 22.1. The number of nitrogens with zero attached hydrogens (tertiary/aromatic N) is 3. The van der Waals surface area contributed by atoms with Crippen LogP contribution in [0.1, 0.15) is 34.6 Å². The lowest BCUT2D eigenvalue weighted by Crippen LogP contribution is -2.37. The minimum Gasteiger partial charge on any atom is -0.353 e. The molecule has 0 saturated heterocycles. The second kappa shape index (κ2) is 9.80. The Balaban J connectivity index is 2.22. The molecule has 1 unspecified atom stereocenters. The summed E-state index contributed by atoms with van der Waals surface area (Å²) in [6, 6.07) is 5.46. The van der Waals surface area contributed by atoms with Crippen molar-refractivity contribution in [2.75, 3.05) is 5.75 Å². The molecule has 8 heteroatoms.